The zero-order valence-electron chi connectivity index (χ0n) is 8.98. The second-order valence-electron chi connectivity index (χ2n) is 3.71. The van der Waals surface area contributed by atoms with E-state index < -0.39 is 0 Å². The Morgan fingerprint density at radius 2 is 1.72 bits per heavy atom. The molecule has 18 heavy (non-hydrogen) atoms. The number of aromatic hydroxyl groups is 1. The fraction of sp³-hybridized carbons (Fsp3) is 0.0769. The molecule has 0 bridgehead atoms. The lowest BCUT2D eigenvalue weighted by Crippen LogP contribution is -1.92. The fourth-order valence-corrected chi connectivity index (χ4v) is 2.87. The Hall–Kier alpha value is -0.410. The van der Waals surface area contributed by atoms with Crippen LogP contribution in [-0.4, -0.2) is 5.11 Å². The average Bonchev–Trinajstić information content (AvgIpc) is 2.28. The fourth-order valence-electron chi connectivity index (χ4n) is 1.53. The maximum Gasteiger partial charge on any atom is 0.130 e. The van der Waals surface area contributed by atoms with Gasteiger partial charge in [-0.25, -0.2) is 0 Å². The molecule has 0 fully saturated rings. The van der Waals surface area contributed by atoms with Gasteiger partial charge in [-0.15, -0.1) is 0 Å². The largest absolute Gasteiger partial charge is 0.507 e. The molecule has 0 spiro atoms. The van der Waals surface area contributed by atoms with Crippen LogP contribution >= 0.6 is 50.7 Å². The molecule has 1 radical (unpaired) electrons. The van der Waals surface area contributed by atoms with E-state index in [9.17, 15) is 5.11 Å². The Balaban J connectivity index is 2.37. The van der Waals surface area contributed by atoms with Crippen LogP contribution in [-0.2, 0) is 6.42 Å². The Morgan fingerprint density at radius 3 is 2.28 bits per heavy atom. The highest BCUT2D eigenvalue weighted by atomic mass is 79.9. The summed E-state index contributed by atoms with van der Waals surface area (Å²) in [6.45, 7) is 0. The third-order valence-electron chi connectivity index (χ3n) is 2.41. The predicted molar refractivity (Wildman–Crippen MR) is 78.9 cm³/mol. The van der Waals surface area contributed by atoms with E-state index >= 15 is 0 Å². The van der Waals surface area contributed by atoms with Crippen LogP contribution in [0.3, 0.4) is 0 Å². The second-order valence-corrected chi connectivity index (χ2v) is 5.75. The summed E-state index contributed by atoms with van der Waals surface area (Å²) in [5, 5.41) is 10.9. The molecule has 0 unspecified atom stereocenters. The lowest BCUT2D eigenvalue weighted by atomic mass is 10.0. The number of phenols is 1. The van der Waals surface area contributed by atoms with Crippen LogP contribution in [0.25, 0.3) is 0 Å². The number of hydrogen-bond donors (Lipinski definition) is 1. The molecule has 0 aliphatic heterocycles. The molecule has 0 atom stereocenters. The van der Waals surface area contributed by atoms with Crippen molar-refractivity contribution in [2.24, 2.45) is 0 Å². The highest BCUT2D eigenvalue weighted by Crippen LogP contribution is 2.32. The van der Waals surface area contributed by atoms with E-state index in [0.717, 1.165) is 11.1 Å². The van der Waals surface area contributed by atoms with E-state index in [-0.39, 0.29) is 5.75 Å². The van der Waals surface area contributed by atoms with Gasteiger partial charge in [-0.2, -0.15) is 0 Å². The molecular weight excluding hydrogens is 358 g/mol. The van der Waals surface area contributed by atoms with Gasteiger partial charge in [0.1, 0.15) is 5.75 Å². The summed E-state index contributed by atoms with van der Waals surface area (Å²) in [5.41, 5.74) is 1.65. The Morgan fingerprint density at radius 1 is 1.11 bits per heavy atom. The average molecular weight is 365 g/mol. The number of phenolic OH excluding ortho intramolecular Hbond substituents is 1. The first-order valence-corrected chi connectivity index (χ1v) is 6.93. The van der Waals surface area contributed by atoms with Crippen molar-refractivity contribution in [3.63, 3.8) is 0 Å². The van der Waals surface area contributed by atoms with Crippen LogP contribution in [0.4, 0.5) is 0 Å². The molecule has 0 heterocycles. The molecule has 0 aliphatic rings. The molecule has 0 aromatic heterocycles. The van der Waals surface area contributed by atoms with E-state index in [1.54, 1.807) is 24.3 Å². The van der Waals surface area contributed by atoms with Gasteiger partial charge in [0.15, 0.2) is 0 Å². The maximum absolute atomic E-state index is 9.41. The molecule has 1 nitrogen and oxygen atoms in total. The van der Waals surface area contributed by atoms with E-state index in [2.05, 4.69) is 22.0 Å². The van der Waals surface area contributed by atoms with Gasteiger partial charge in [-0.3, -0.25) is 0 Å². The third-order valence-corrected chi connectivity index (χ3v) is 3.91. The standard InChI is InChI=1S/C13H7BrCl3O/c14-10-4-7(1-2-13(10)18)3-9-11(16)5-8(15)6-12(9)17/h1-2,5-6,18H,3H2. The maximum atomic E-state index is 9.41. The molecule has 2 aromatic rings. The summed E-state index contributed by atoms with van der Waals surface area (Å²) < 4.78 is 0.515. The number of rotatable bonds is 2. The normalized spacial score (nSPS) is 10.7. The molecule has 0 aliphatic carbocycles. The first-order chi connectivity index (χ1) is 8.47. The van der Waals surface area contributed by atoms with Crippen LogP contribution in [0.5, 0.6) is 5.75 Å². The van der Waals surface area contributed by atoms with Crippen molar-refractivity contribution in [2.75, 3.05) is 0 Å². The molecular formula is C13H7BrCl3O. The van der Waals surface area contributed by atoms with Gasteiger partial charge in [0.25, 0.3) is 0 Å². The first kappa shape index (κ1) is 14.0. The molecule has 0 saturated carbocycles. The summed E-state index contributed by atoms with van der Waals surface area (Å²) in [4.78, 5) is 0. The van der Waals surface area contributed by atoms with Crippen molar-refractivity contribution in [3.05, 3.63) is 61.0 Å². The Kier molecular flexibility index (Phi) is 4.44. The summed E-state index contributed by atoms with van der Waals surface area (Å²) in [5.74, 6) is 0.145. The van der Waals surface area contributed by atoms with E-state index in [0.29, 0.717) is 26.0 Å². The van der Waals surface area contributed by atoms with E-state index in [1.165, 1.54) is 0 Å². The smallest absolute Gasteiger partial charge is 0.130 e. The van der Waals surface area contributed by atoms with Crippen molar-refractivity contribution >= 4 is 50.7 Å². The van der Waals surface area contributed by atoms with Gasteiger partial charge in [-0.05, 0) is 45.3 Å². The van der Waals surface area contributed by atoms with Gasteiger partial charge in [0.2, 0.25) is 0 Å². The van der Waals surface area contributed by atoms with Crippen molar-refractivity contribution in [1.29, 1.82) is 0 Å². The molecule has 5 heteroatoms. The minimum atomic E-state index is 0.145. The third kappa shape index (κ3) is 3.12. The summed E-state index contributed by atoms with van der Waals surface area (Å²) in [6, 6.07) is 9.67. The molecule has 93 valence electrons. The monoisotopic (exact) mass is 363 g/mol. The summed E-state index contributed by atoms with van der Waals surface area (Å²) >= 11 is 21.3. The topological polar surface area (TPSA) is 20.2 Å². The van der Waals surface area contributed by atoms with Gasteiger partial charge in [0, 0.05) is 27.6 Å². The first-order valence-electron chi connectivity index (χ1n) is 5.00. The molecule has 2 aromatic carbocycles. The van der Waals surface area contributed by atoms with Gasteiger partial charge < -0.3 is 5.11 Å². The molecule has 2 rings (SSSR count). The number of hydrogen-bond acceptors (Lipinski definition) is 1. The Labute approximate surface area is 128 Å². The van der Waals surface area contributed by atoms with Crippen LogP contribution in [0.1, 0.15) is 11.1 Å². The van der Waals surface area contributed by atoms with Crippen LogP contribution in [0.15, 0.2) is 28.7 Å². The van der Waals surface area contributed by atoms with Gasteiger partial charge in [0.05, 0.1) is 4.47 Å². The van der Waals surface area contributed by atoms with E-state index in [4.69, 9.17) is 34.8 Å². The van der Waals surface area contributed by atoms with Crippen molar-refractivity contribution < 1.29 is 5.11 Å². The molecule has 0 amide bonds. The number of halogens is 4. The molecule has 0 saturated heterocycles. The van der Waals surface area contributed by atoms with Gasteiger partial charge in [-0.1, -0.05) is 40.9 Å². The summed E-state index contributed by atoms with van der Waals surface area (Å²) in [7, 11) is 0. The van der Waals surface area contributed by atoms with Crippen molar-refractivity contribution in [3.8, 4) is 5.75 Å². The van der Waals surface area contributed by atoms with Crippen LogP contribution in [0.2, 0.25) is 15.1 Å². The lowest BCUT2D eigenvalue weighted by Gasteiger charge is -2.08. The minimum absolute atomic E-state index is 0.145. The predicted octanol–water partition coefficient (Wildman–Crippen LogP) is 5.51. The quantitative estimate of drug-likeness (QED) is 0.744. The second kappa shape index (κ2) is 5.70. The Bertz CT molecular complexity index is 576. The van der Waals surface area contributed by atoms with Crippen molar-refractivity contribution in [2.45, 2.75) is 6.42 Å². The van der Waals surface area contributed by atoms with Gasteiger partial charge >= 0.3 is 0 Å². The SMILES string of the molecule is Oc1ccc(Cc2c(Cl)cc(Cl)cc2Cl)[c]c1Br. The molecule has 1 N–H and O–H groups in total. The van der Waals surface area contributed by atoms with E-state index in [1.807, 2.05) is 0 Å². The highest BCUT2D eigenvalue weighted by molar-refractivity contribution is 9.10. The summed E-state index contributed by atoms with van der Waals surface area (Å²) in [6.07, 6.45) is 0.522. The lowest BCUT2D eigenvalue weighted by molar-refractivity contribution is 0.471. The zero-order chi connectivity index (χ0) is 13.3. The number of benzene rings is 2. The minimum Gasteiger partial charge on any atom is -0.507 e. The zero-order valence-corrected chi connectivity index (χ0v) is 12.8. The van der Waals surface area contributed by atoms with Crippen molar-refractivity contribution in [1.82, 2.24) is 0 Å². The van der Waals surface area contributed by atoms with Crippen LogP contribution < -0.4 is 0 Å². The highest BCUT2D eigenvalue weighted by Gasteiger charge is 2.10. The van der Waals surface area contributed by atoms with Crippen LogP contribution in [0, 0.1) is 6.07 Å².